The SMILES string of the molecule is C[C@H](O)c1cc(F)ccc1OCc1ccc(Br)s1. The minimum Gasteiger partial charge on any atom is -0.488 e. The Morgan fingerprint density at radius 3 is 2.78 bits per heavy atom. The second kappa shape index (κ2) is 5.82. The van der Waals surface area contributed by atoms with Crippen molar-refractivity contribution in [2.45, 2.75) is 19.6 Å². The molecule has 0 aliphatic carbocycles. The van der Waals surface area contributed by atoms with Crippen LogP contribution in [0.15, 0.2) is 34.1 Å². The average molecular weight is 331 g/mol. The van der Waals surface area contributed by atoms with Crippen molar-refractivity contribution in [2.75, 3.05) is 0 Å². The van der Waals surface area contributed by atoms with Gasteiger partial charge >= 0.3 is 0 Å². The predicted octanol–water partition coefficient (Wildman–Crippen LogP) is 4.28. The molecule has 0 unspecified atom stereocenters. The molecule has 96 valence electrons. The molecule has 1 aromatic heterocycles. The molecule has 0 fully saturated rings. The molecule has 0 amide bonds. The molecule has 1 heterocycles. The first-order valence-corrected chi connectivity index (χ1v) is 7.02. The molecule has 0 aliphatic heterocycles. The molecular formula is C13H12BrFO2S. The van der Waals surface area contributed by atoms with Crippen LogP contribution in [-0.4, -0.2) is 5.11 Å². The lowest BCUT2D eigenvalue weighted by atomic mass is 10.1. The number of halogens is 2. The van der Waals surface area contributed by atoms with Crippen LogP contribution >= 0.6 is 27.3 Å². The van der Waals surface area contributed by atoms with Gasteiger partial charge in [-0.25, -0.2) is 4.39 Å². The summed E-state index contributed by atoms with van der Waals surface area (Å²) < 4.78 is 19.8. The lowest BCUT2D eigenvalue weighted by Crippen LogP contribution is -2.00. The van der Waals surface area contributed by atoms with Gasteiger partial charge < -0.3 is 9.84 Å². The average Bonchev–Trinajstić information content (AvgIpc) is 2.73. The first-order chi connectivity index (χ1) is 8.56. The summed E-state index contributed by atoms with van der Waals surface area (Å²) in [6, 6.07) is 8.07. The van der Waals surface area contributed by atoms with Gasteiger partial charge in [0.2, 0.25) is 0 Å². The third-order valence-electron chi connectivity index (χ3n) is 2.42. The number of benzene rings is 1. The molecule has 0 bridgehead atoms. The molecule has 0 aliphatic rings. The second-order valence-electron chi connectivity index (χ2n) is 3.85. The summed E-state index contributed by atoms with van der Waals surface area (Å²) in [4.78, 5) is 1.06. The number of rotatable bonds is 4. The Labute approximate surface area is 117 Å². The van der Waals surface area contributed by atoms with Gasteiger partial charge in [0.1, 0.15) is 18.2 Å². The van der Waals surface area contributed by atoms with Crippen molar-refractivity contribution < 1.29 is 14.2 Å². The van der Waals surface area contributed by atoms with E-state index in [0.29, 0.717) is 17.9 Å². The molecule has 5 heteroatoms. The highest BCUT2D eigenvalue weighted by molar-refractivity contribution is 9.11. The Bertz CT molecular complexity index is 540. The largest absolute Gasteiger partial charge is 0.488 e. The fraction of sp³-hybridized carbons (Fsp3) is 0.231. The molecule has 0 saturated carbocycles. The Morgan fingerprint density at radius 2 is 2.17 bits per heavy atom. The fourth-order valence-corrected chi connectivity index (χ4v) is 2.95. The molecule has 1 atom stereocenters. The number of hydrogen-bond acceptors (Lipinski definition) is 3. The number of aliphatic hydroxyl groups excluding tert-OH is 1. The van der Waals surface area contributed by atoms with Gasteiger partial charge in [0.05, 0.1) is 9.89 Å². The topological polar surface area (TPSA) is 29.5 Å². The zero-order valence-corrected chi connectivity index (χ0v) is 12.1. The summed E-state index contributed by atoms with van der Waals surface area (Å²) in [5, 5.41) is 9.58. The number of ether oxygens (including phenoxy) is 1. The zero-order valence-electron chi connectivity index (χ0n) is 9.69. The summed E-state index contributed by atoms with van der Waals surface area (Å²) in [6.45, 7) is 1.99. The van der Waals surface area contributed by atoms with Crippen molar-refractivity contribution in [1.29, 1.82) is 0 Å². The Balaban J connectivity index is 2.13. The van der Waals surface area contributed by atoms with Crippen LogP contribution in [0.2, 0.25) is 0 Å². The van der Waals surface area contributed by atoms with Crippen molar-refractivity contribution in [2.24, 2.45) is 0 Å². The summed E-state index contributed by atoms with van der Waals surface area (Å²) >= 11 is 4.96. The van der Waals surface area contributed by atoms with Crippen molar-refractivity contribution in [3.63, 3.8) is 0 Å². The van der Waals surface area contributed by atoms with Gasteiger partial charge in [0, 0.05) is 10.4 Å². The van der Waals surface area contributed by atoms with E-state index in [9.17, 15) is 9.50 Å². The maximum absolute atomic E-state index is 13.1. The van der Waals surface area contributed by atoms with Crippen LogP contribution in [0.1, 0.15) is 23.5 Å². The third-order valence-corrected chi connectivity index (χ3v) is 4.02. The van der Waals surface area contributed by atoms with E-state index in [4.69, 9.17) is 4.74 Å². The maximum Gasteiger partial charge on any atom is 0.125 e. The number of thiophene rings is 1. The summed E-state index contributed by atoms with van der Waals surface area (Å²) in [5.41, 5.74) is 0.464. The van der Waals surface area contributed by atoms with Gasteiger partial charge in [0.15, 0.2) is 0 Å². The van der Waals surface area contributed by atoms with E-state index in [-0.39, 0.29) is 5.82 Å². The van der Waals surface area contributed by atoms with Gasteiger partial charge in [-0.05, 0) is 53.2 Å². The second-order valence-corrected chi connectivity index (χ2v) is 6.40. The highest BCUT2D eigenvalue weighted by Crippen LogP contribution is 2.28. The quantitative estimate of drug-likeness (QED) is 0.906. The van der Waals surface area contributed by atoms with Crippen LogP contribution in [0.3, 0.4) is 0 Å². The molecule has 0 spiro atoms. The summed E-state index contributed by atoms with van der Waals surface area (Å²) in [6.07, 6.45) is -0.759. The maximum atomic E-state index is 13.1. The Hall–Kier alpha value is -0.910. The normalized spacial score (nSPS) is 12.4. The molecule has 0 radical (unpaired) electrons. The first-order valence-electron chi connectivity index (χ1n) is 5.41. The molecular weight excluding hydrogens is 319 g/mol. The van der Waals surface area contributed by atoms with Gasteiger partial charge in [-0.15, -0.1) is 11.3 Å². The minimum atomic E-state index is -0.759. The Morgan fingerprint density at radius 1 is 1.39 bits per heavy atom. The van der Waals surface area contributed by atoms with Crippen molar-refractivity contribution in [1.82, 2.24) is 0 Å². The third kappa shape index (κ3) is 3.31. The zero-order chi connectivity index (χ0) is 13.1. The standard InChI is InChI=1S/C13H12BrFO2S/c1-8(16)11-6-9(15)2-4-12(11)17-7-10-3-5-13(14)18-10/h2-6,8,16H,7H2,1H3/t8-/m0/s1. The van der Waals surface area contributed by atoms with Gasteiger partial charge in [-0.1, -0.05) is 0 Å². The fourth-order valence-electron chi connectivity index (χ4n) is 1.56. The van der Waals surface area contributed by atoms with E-state index in [0.717, 1.165) is 8.66 Å². The van der Waals surface area contributed by atoms with Crippen molar-refractivity contribution in [3.05, 3.63) is 50.4 Å². The van der Waals surface area contributed by atoms with Crippen LogP contribution in [0, 0.1) is 5.82 Å². The lowest BCUT2D eigenvalue weighted by Gasteiger charge is -2.12. The van der Waals surface area contributed by atoms with Crippen molar-refractivity contribution in [3.8, 4) is 5.75 Å². The van der Waals surface area contributed by atoms with Crippen LogP contribution in [0.25, 0.3) is 0 Å². The lowest BCUT2D eigenvalue weighted by molar-refractivity contribution is 0.189. The molecule has 18 heavy (non-hydrogen) atoms. The van der Waals surface area contributed by atoms with Crippen LogP contribution in [0.5, 0.6) is 5.75 Å². The smallest absolute Gasteiger partial charge is 0.125 e. The van der Waals surface area contributed by atoms with E-state index in [1.54, 1.807) is 24.3 Å². The predicted molar refractivity (Wildman–Crippen MR) is 73.4 cm³/mol. The number of aliphatic hydroxyl groups is 1. The molecule has 1 aromatic carbocycles. The number of hydrogen-bond donors (Lipinski definition) is 1. The highest BCUT2D eigenvalue weighted by atomic mass is 79.9. The van der Waals surface area contributed by atoms with Gasteiger partial charge in [-0.2, -0.15) is 0 Å². The summed E-state index contributed by atoms with van der Waals surface area (Å²) in [7, 11) is 0. The first kappa shape index (κ1) is 13.5. The van der Waals surface area contributed by atoms with E-state index in [2.05, 4.69) is 15.9 Å². The van der Waals surface area contributed by atoms with E-state index < -0.39 is 6.10 Å². The molecule has 0 saturated heterocycles. The van der Waals surface area contributed by atoms with Crippen molar-refractivity contribution >= 4 is 27.3 Å². The van der Waals surface area contributed by atoms with Crippen LogP contribution in [0.4, 0.5) is 4.39 Å². The molecule has 2 aromatic rings. The highest BCUT2D eigenvalue weighted by Gasteiger charge is 2.11. The molecule has 1 N–H and O–H groups in total. The van der Waals surface area contributed by atoms with E-state index in [1.165, 1.54) is 12.1 Å². The van der Waals surface area contributed by atoms with Crippen LogP contribution in [-0.2, 0) is 6.61 Å². The van der Waals surface area contributed by atoms with E-state index >= 15 is 0 Å². The monoisotopic (exact) mass is 330 g/mol. The Kier molecular flexibility index (Phi) is 4.37. The molecule has 2 nitrogen and oxygen atoms in total. The summed E-state index contributed by atoms with van der Waals surface area (Å²) in [5.74, 6) is 0.132. The van der Waals surface area contributed by atoms with E-state index in [1.807, 2.05) is 12.1 Å². The van der Waals surface area contributed by atoms with Gasteiger partial charge in [-0.3, -0.25) is 0 Å². The van der Waals surface area contributed by atoms with Crippen LogP contribution < -0.4 is 4.74 Å². The minimum absolute atomic E-state index is 0.378. The van der Waals surface area contributed by atoms with Gasteiger partial charge in [0.25, 0.3) is 0 Å². The molecule has 2 rings (SSSR count).